The smallest absolute Gasteiger partial charge is 0.00542 e. The van der Waals surface area contributed by atoms with Crippen LogP contribution in [0.15, 0.2) is 11.6 Å². The van der Waals surface area contributed by atoms with E-state index in [9.17, 15) is 0 Å². The maximum atomic E-state index is 2.64. The molecule has 3 aliphatic carbocycles. The third kappa shape index (κ3) is 1.07. The Kier molecular flexibility index (Phi) is 2.00. The molecule has 16 heavy (non-hydrogen) atoms. The van der Waals surface area contributed by atoms with Crippen molar-refractivity contribution in [1.29, 1.82) is 0 Å². The van der Waals surface area contributed by atoms with Crippen LogP contribution in [0.1, 0.15) is 53.9 Å². The molecule has 5 atom stereocenters. The minimum Gasteiger partial charge on any atom is -0.0816 e. The number of rotatable bonds is 0. The summed E-state index contributed by atoms with van der Waals surface area (Å²) in [6.07, 6.45) is 6.89. The van der Waals surface area contributed by atoms with E-state index in [0.29, 0.717) is 10.8 Å². The summed E-state index contributed by atoms with van der Waals surface area (Å²) in [4.78, 5) is 0. The maximum Gasteiger partial charge on any atom is -0.00542 e. The van der Waals surface area contributed by atoms with Crippen molar-refractivity contribution in [3.63, 3.8) is 0 Å². The highest BCUT2D eigenvalue weighted by Gasteiger charge is 2.69. The molecule has 0 heteroatoms. The Morgan fingerprint density at radius 1 is 1.19 bits per heavy atom. The molecule has 0 spiro atoms. The van der Waals surface area contributed by atoms with Gasteiger partial charge in [-0.1, -0.05) is 46.3 Å². The molecule has 0 amide bonds. The summed E-state index contributed by atoms with van der Waals surface area (Å²) in [5.41, 5.74) is 2.95. The SMILES string of the molecule is CC1C=C2CCCC(C)C2(C)C2C1C2(C)C. The standard InChI is InChI=1S/C16H26/c1-10-9-12-8-6-7-11(2)16(12,5)14-13(10)15(14,3)4/h9-11,13-14H,6-8H2,1-5H3. The second kappa shape index (κ2) is 2.94. The van der Waals surface area contributed by atoms with Gasteiger partial charge in [0.1, 0.15) is 0 Å². The minimum atomic E-state index is 0.541. The van der Waals surface area contributed by atoms with Crippen molar-refractivity contribution in [2.45, 2.75) is 53.9 Å². The van der Waals surface area contributed by atoms with Crippen LogP contribution < -0.4 is 0 Å². The van der Waals surface area contributed by atoms with Crippen molar-refractivity contribution in [2.75, 3.05) is 0 Å². The predicted octanol–water partition coefficient (Wildman–Crippen LogP) is 4.66. The molecule has 0 nitrogen and oxygen atoms in total. The average Bonchev–Trinajstić information content (AvgIpc) is 2.77. The van der Waals surface area contributed by atoms with Crippen LogP contribution in [0, 0.1) is 34.5 Å². The topological polar surface area (TPSA) is 0 Å². The van der Waals surface area contributed by atoms with Gasteiger partial charge in [-0.2, -0.15) is 0 Å². The predicted molar refractivity (Wildman–Crippen MR) is 69.1 cm³/mol. The second-order valence-corrected chi connectivity index (χ2v) is 7.45. The lowest BCUT2D eigenvalue weighted by molar-refractivity contribution is 0.134. The minimum absolute atomic E-state index is 0.541. The molecule has 0 N–H and O–H groups in total. The Hall–Kier alpha value is -0.260. The van der Waals surface area contributed by atoms with Crippen LogP contribution in [0.25, 0.3) is 0 Å². The summed E-state index contributed by atoms with van der Waals surface area (Å²) in [7, 11) is 0. The molecular weight excluding hydrogens is 192 g/mol. The molecule has 90 valence electrons. The molecule has 0 bridgehead atoms. The van der Waals surface area contributed by atoms with Crippen LogP contribution in [0.4, 0.5) is 0 Å². The van der Waals surface area contributed by atoms with Gasteiger partial charge in [0.2, 0.25) is 0 Å². The van der Waals surface area contributed by atoms with E-state index >= 15 is 0 Å². The number of hydrogen-bond acceptors (Lipinski definition) is 0. The molecule has 0 saturated heterocycles. The second-order valence-electron chi connectivity index (χ2n) is 7.45. The number of fused-ring (bicyclic) bond motifs is 3. The van der Waals surface area contributed by atoms with Crippen LogP contribution in [-0.4, -0.2) is 0 Å². The van der Waals surface area contributed by atoms with Gasteiger partial charge in [0.05, 0.1) is 0 Å². The highest BCUT2D eigenvalue weighted by atomic mass is 14.7. The van der Waals surface area contributed by atoms with Gasteiger partial charge in [-0.05, 0) is 53.8 Å². The van der Waals surface area contributed by atoms with E-state index in [1.165, 1.54) is 19.3 Å². The Morgan fingerprint density at radius 3 is 2.56 bits per heavy atom. The fourth-order valence-electron chi connectivity index (χ4n) is 5.48. The van der Waals surface area contributed by atoms with E-state index < -0.39 is 0 Å². The first-order valence-electron chi connectivity index (χ1n) is 7.11. The zero-order chi connectivity index (χ0) is 11.7. The molecule has 5 unspecified atom stereocenters. The molecule has 0 aromatic heterocycles. The Bertz CT molecular complexity index is 349. The lowest BCUT2D eigenvalue weighted by Gasteiger charge is -2.46. The van der Waals surface area contributed by atoms with E-state index in [-0.39, 0.29) is 0 Å². The molecule has 3 aliphatic rings. The molecule has 2 saturated carbocycles. The van der Waals surface area contributed by atoms with Crippen LogP contribution in [0.3, 0.4) is 0 Å². The summed E-state index contributed by atoms with van der Waals surface area (Å²) in [5.74, 6) is 3.65. The molecule has 0 aliphatic heterocycles. The maximum absolute atomic E-state index is 2.64. The van der Waals surface area contributed by atoms with Crippen molar-refractivity contribution in [3.8, 4) is 0 Å². The molecule has 2 fully saturated rings. The first-order valence-corrected chi connectivity index (χ1v) is 7.11. The van der Waals surface area contributed by atoms with Gasteiger partial charge < -0.3 is 0 Å². The van der Waals surface area contributed by atoms with E-state index in [1.54, 1.807) is 0 Å². The average molecular weight is 218 g/mol. The first-order chi connectivity index (χ1) is 7.40. The van der Waals surface area contributed by atoms with E-state index in [4.69, 9.17) is 0 Å². The summed E-state index contributed by atoms with van der Waals surface area (Å²) in [5, 5.41) is 0. The lowest BCUT2D eigenvalue weighted by atomic mass is 9.58. The summed E-state index contributed by atoms with van der Waals surface area (Å²) < 4.78 is 0. The normalized spacial score (nSPS) is 53.7. The number of allylic oxidation sites excluding steroid dienone is 2. The van der Waals surface area contributed by atoms with Gasteiger partial charge >= 0.3 is 0 Å². The van der Waals surface area contributed by atoms with Crippen LogP contribution in [0.5, 0.6) is 0 Å². The summed E-state index contributed by atoms with van der Waals surface area (Å²) in [6, 6.07) is 0. The molecular formula is C16H26. The van der Waals surface area contributed by atoms with E-state index in [0.717, 1.165) is 23.7 Å². The lowest BCUT2D eigenvalue weighted by Crippen LogP contribution is -2.37. The van der Waals surface area contributed by atoms with Crippen LogP contribution >= 0.6 is 0 Å². The third-order valence-corrected chi connectivity index (χ3v) is 6.39. The molecule has 0 heterocycles. The van der Waals surface area contributed by atoms with Gasteiger partial charge in [-0.3, -0.25) is 0 Å². The molecule has 0 radical (unpaired) electrons. The van der Waals surface area contributed by atoms with Crippen molar-refractivity contribution in [2.24, 2.45) is 34.5 Å². The fourth-order valence-corrected chi connectivity index (χ4v) is 5.48. The van der Waals surface area contributed by atoms with Gasteiger partial charge in [0, 0.05) is 0 Å². The molecule has 3 rings (SSSR count). The Morgan fingerprint density at radius 2 is 1.88 bits per heavy atom. The fraction of sp³-hybridized carbons (Fsp3) is 0.875. The van der Waals surface area contributed by atoms with Crippen molar-refractivity contribution < 1.29 is 0 Å². The largest absolute Gasteiger partial charge is 0.0816 e. The van der Waals surface area contributed by atoms with E-state index in [2.05, 4.69) is 40.7 Å². The highest BCUT2D eigenvalue weighted by molar-refractivity contribution is 5.33. The Labute approximate surface area is 101 Å². The zero-order valence-electron chi connectivity index (χ0n) is 11.5. The van der Waals surface area contributed by atoms with Gasteiger partial charge in [0.15, 0.2) is 0 Å². The zero-order valence-corrected chi connectivity index (χ0v) is 11.5. The Balaban J connectivity index is 2.06. The quantitative estimate of drug-likeness (QED) is 0.519. The van der Waals surface area contributed by atoms with Crippen LogP contribution in [0.2, 0.25) is 0 Å². The molecule has 0 aromatic rings. The highest BCUT2D eigenvalue weighted by Crippen LogP contribution is 2.75. The van der Waals surface area contributed by atoms with Crippen molar-refractivity contribution in [1.82, 2.24) is 0 Å². The third-order valence-electron chi connectivity index (χ3n) is 6.39. The van der Waals surface area contributed by atoms with Crippen LogP contribution in [-0.2, 0) is 0 Å². The van der Waals surface area contributed by atoms with Gasteiger partial charge in [-0.15, -0.1) is 0 Å². The van der Waals surface area contributed by atoms with Crippen molar-refractivity contribution >= 4 is 0 Å². The summed E-state index contributed by atoms with van der Waals surface area (Å²) >= 11 is 0. The molecule has 0 aromatic carbocycles. The van der Waals surface area contributed by atoms with Gasteiger partial charge in [0.25, 0.3) is 0 Å². The summed E-state index contributed by atoms with van der Waals surface area (Å²) in [6.45, 7) is 12.5. The number of hydrogen-bond donors (Lipinski definition) is 0. The van der Waals surface area contributed by atoms with Gasteiger partial charge in [-0.25, -0.2) is 0 Å². The monoisotopic (exact) mass is 218 g/mol. The van der Waals surface area contributed by atoms with E-state index in [1.807, 2.05) is 5.57 Å². The first kappa shape index (κ1) is 10.9. The van der Waals surface area contributed by atoms with Crippen molar-refractivity contribution in [3.05, 3.63) is 11.6 Å².